The van der Waals surface area contributed by atoms with E-state index in [1.165, 1.54) is 17.8 Å². The van der Waals surface area contributed by atoms with Gasteiger partial charge in [-0.15, -0.1) is 0 Å². The van der Waals surface area contributed by atoms with Crippen LogP contribution in [0.5, 0.6) is 0 Å². The lowest BCUT2D eigenvalue weighted by Gasteiger charge is -2.21. The number of nitrogens with one attached hydrogen (secondary N) is 1. The van der Waals surface area contributed by atoms with Crippen LogP contribution in [0.25, 0.3) is 0 Å². The number of anilines is 1. The van der Waals surface area contributed by atoms with Crippen LogP contribution in [-0.2, 0) is 0 Å². The summed E-state index contributed by atoms with van der Waals surface area (Å²) in [7, 11) is 0. The van der Waals surface area contributed by atoms with Crippen LogP contribution in [-0.4, -0.2) is 38.7 Å². The molecule has 0 aliphatic rings. The molecule has 0 aromatic carbocycles. The highest BCUT2D eigenvalue weighted by atomic mass is 35.5. The molecule has 0 fully saturated rings. The van der Waals surface area contributed by atoms with E-state index in [-0.39, 0.29) is 23.2 Å². The van der Waals surface area contributed by atoms with Gasteiger partial charge in [0.05, 0.1) is 24.5 Å². The summed E-state index contributed by atoms with van der Waals surface area (Å²) in [5, 5.41) is 25.3. The summed E-state index contributed by atoms with van der Waals surface area (Å²) in [5.41, 5.74) is -1.33. The van der Waals surface area contributed by atoms with Gasteiger partial charge < -0.3 is 15.5 Å². The zero-order valence-electron chi connectivity index (χ0n) is 10.6. The van der Waals surface area contributed by atoms with Gasteiger partial charge in [0.1, 0.15) is 10.6 Å². The van der Waals surface area contributed by atoms with Crippen molar-refractivity contribution in [3.63, 3.8) is 0 Å². The highest BCUT2D eigenvalue weighted by Crippen LogP contribution is 2.17. The molecule has 1 unspecified atom stereocenters. The predicted octanol–water partition coefficient (Wildman–Crippen LogP) is 0.633. The van der Waals surface area contributed by atoms with E-state index >= 15 is 0 Å². The van der Waals surface area contributed by atoms with Gasteiger partial charge in [-0.05, 0) is 20.8 Å². The lowest BCUT2D eigenvalue weighted by molar-refractivity contribution is 0.0132. The number of nitrogens with zero attached hydrogens (tertiary/aromatic N) is 2. The number of aliphatic hydroxyl groups excluding tert-OH is 1. The van der Waals surface area contributed by atoms with E-state index in [1.807, 2.05) is 13.8 Å². The minimum Gasteiger partial charge on any atom is -0.393 e. The van der Waals surface area contributed by atoms with Crippen molar-refractivity contribution in [3.05, 3.63) is 21.6 Å². The number of aromatic nitrogens is 2. The average Bonchev–Trinajstić information content (AvgIpc) is 2.30. The van der Waals surface area contributed by atoms with E-state index in [0.717, 1.165) is 0 Å². The lowest BCUT2D eigenvalue weighted by atomic mass is 10.1. The van der Waals surface area contributed by atoms with Gasteiger partial charge in [-0.3, -0.25) is 4.79 Å². The smallest absolute Gasteiger partial charge is 0.287 e. The van der Waals surface area contributed by atoms with Crippen molar-refractivity contribution in [1.82, 2.24) is 9.78 Å². The fraction of sp³-hybridized carbons (Fsp3) is 0.636. The highest BCUT2D eigenvalue weighted by Gasteiger charge is 2.20. The van der Waals surface area contributed by atoms with Crippen LogP contribution in [0.15, 0.2) is 11.0 Å². The van der Waals surface area contributed by atoms with Crippen molar-refractivity contribution in [3.8, 4) is 0 Å². The maximum absolute atomic E-state index is 11.8. The van der Waals surface area contributed by atoms with Crippen LogP contribution >= 0.6 is 11.6 Å². The Balaban J connectivity index is 2.93. The molecule has 0 bridgehead atoms. The minimum absolute atomic E-state index is 0.0208. The minimum atomic E-state index is -1.28. The van der Waals surface area contributed by atoms with Gasteiger partial charge in [0.25, 0.3) is 5.56 Å². The van der Waals surface area contributed by atoms with Crippen molar-refractivity contribution in [2.45, 2.75) is 32.4 Å². The van der Waals surface area contributed by atoms with Crippen LogP contribution in [0.2, 0.25) is 5.02 Å². The molecule has 0 spiro atoms. The Kier molecular flexibility index (Phi) is 4.72. The molecule has 0 saturated carbocycles. The van der Waals surface area contributed by atoms with Crippen molar-refractivity contribution in [2.75, 3.05) is 18.5 Å². The maximum atomic E-state index is 11.8. The standard InChI is InChI=1S/C11H18ClN3O3/c1-7(2)15-10(17)9(12)8(4-14-15)13-5-11(3,18)6-16/h4,7,13,16,18H,5-6H2,1-3H3. The van der Waals surface area contributed by atoms with E-state index in [2.05, 4.69) is 10.4 Å². The molecule has 1 rings (SSSR count). The van der Waals surface area contributed by atoms with Crippen molar-refractivity contribution < 1.29 is 10.2 Å². The molecule has 3 N–H and O–H groups in total. The monoisotopic (exact) mass is 275 g/mol. The first-order valence-corrected chi connectivity index (χ1v) is 6.00. The van der Waals surface area contributed by atoms with E-state index in [1.54, 1.807) is 0 Å². The fourth-order valence-electron chi connectivity index (χ4n) is 1.28. The molecule has 1 aromatic heterocycles. The van der Waals surface area contributed by atoms with Gasteiger partial charge >= 0.3 is 0 Å². The quantitative estimate of drug-likeness (QED) is 0.734. The first-order valence-electron chi connectivity index (χ1n) is 5.63. The molecule has 1 heterocycles. The fourth-order valence-corrected chi connectivity index (χ4v) is 1.48. The maximum Gasteiger partial charge on any atom is 0.287 e. The Morgan fingerprint density at radius 2 is 2.22 bits per heavy atom. The third-order valence-corrected chi connectivity index (χ3v) is 2.80. The van der Waals surface area contributed by atoms with Gasteiger partial charge in [0.15, 0.2) is 0 Å². The molecule has 0 saturated heterocycles. The second-order valence-corrected chi connectivity index (χ2v) is 5.10. The Hall–Kier alpha value is -1.11. The normalized spacial score (nSPS) is 14.6. The number of rotatable bonds is 5. The Labute approximate surface area is 110 Å². The first kappa shape index (κ1) is 14.9. The van der Waals surface area contributed by atoms with Crippen LogP contribution < -0.4 is 10.9 Å². The second-order valence-electron chi connectivity index (χ2n) is 4.72. The summed E-state index contributed by atoms with van der Waals surface area (Å²) in [5.74, 6) is 0. The van der Waals surface area contributed by atoms with E-state index < -0.39 is 12.2 Å². The van der Waals surface area contributed by atoms with Gasteiger partial charge in [0, 0.05) is 6.54 Å². The Morgan fingerprint density at radius 1 is 1.61 bits per heavy atom. The van der Waals surface area contributed by atoms with Crippen molar-refractivity contribution >= 4 is 17.3 Å². The van der Waals surface area contributed by atoms with Crippen molar-refractivity contribution in [1.29, 1.82) is 0 Å². The van der Waals surface area contributed by atoms with E-state index in [0.29, 0.717) is 5.69 Å². The van der Waals surface area contributed by atoms with Gasteiger partial charge in [-0.1, -0.05) is 11.6 Å². The first-order chi connectivity index (χ1) is 8.28. The summed E-state index contributed by atoms with van der Waals surface area (Å²) in [6, 6.07) is -0.0791. The van der Waals surface area contributed by atoms with E-state index in [4.69, 9.17) is 16.7 Å². The topological polar surface area (TPSA) is 87.4 Å². The molecule has 0 aliphatic heterocycles. The van der Waals surface area contributed by atoms with Crippen molar-refractivity contribution in [2.24, 2.45) is 0 Å². The third-order valence-electron chi connectivity index (χ3n) is 2.43. The number of hydrogen-bond donors (Lipinski definition) is 3. The molecular formula is C11H18ClN3O3. The average molecular weight is 276 g/mol. The van der Waals surface area contributed by atoms with Crippen LogP contribution in [0, 0.1) is 0 Å². The molecule has 1 aromatic rings. The van der Waals surface area contributed by atoms with Crippen LogP contribution in [0.3, 0.4) is 0 Å². The summed E-state index contributed by atoms with van der Waals surface area (Å²) in [6.45, 7) is 4.80. The molecular weight excluding hydrogens is 258 g/mol. The molecule has 18 heavy (non-hydrogen) atoms. The Morgan fingerprint density at radius 3 is 2.72 bits per heavy atom. The van der Waals surface area contributed by atoms with Crippen LogP contribution in [0.4, 0.5) is 5.69 Å². The molecule has 1 atom stereocenters. The summed E-state index contributed by atoms with van der Waals surface area (Å²) in [6.07, 6.45) is 1.43. The van der Waals surface area contributed by atoms with Crippen LogP contribution in [0.1, 0.15) is 26.8 Å². The van der Waals surface area contributed by atoms with Gasteiger partial charge in [-0.2, -0.15) is 5.10 Å². The largest absolute Gasteiger partial charge is 0.393 e. The van der Waals surface area contributed by atoms with E-state index in [9.17, 15) is 9.90 Å². The van der Waals surface area contributed by atoms with Gasteiger partial charge in [0.2, 0.25) is 0 Å². The SMILES string of the molecule is CC(C)n1ncc(NCC(C)(O)CO)c(Cl)c1=O. The molecule has 6 nitrogen and oxygen atoms in total. The number of hydrogen-bond acceptors (Lipinski definition) is 5. The second kappa shape index (κ2) is 5.69. The number of aliphatic hydroxyl groups is 2. The third kappa shape index (κ3) is 3.44. The summed E-state index contributed by atoms with van der Waals surface area (Å²) < 4.78 is 1.28. The zero-order chi connectivity index (χ0) is 13.9. The zero-order valence-corrected chi connectivity index (χ0v) is 11.4. The summed E-state index contributed by atoms with van der Waals surface area (Å²) in [4.78, 5) is 11.8. The Bertz CT molecular complexity index is 471. The summed E-state index contributed by atoms with van der Waals surface area (Å²) >= 11 is 5.93. The number of halogens is 1. The lowest BCUT2D eigenvalue weighted by Crippen LogP contribution is -2.37. The van der Waals surface area contributed by atoms with Gasteiger partial charge in [-0.25, -0.2) is 4.68 Å². The molecule has 0 aliphatic carbocycles. The molecule has 102 valence electrons. The predicted molar refractivity (Wildman–Crippen MR) is 70.1 cm³/mol. The molecule has 7 heteroatoms. The highest BCUT2D eigenvalue weighted by molar-refractivity contribution is 6.32. The molecule has 0 radical (unpaired) electrons. The molecule has 0 amide bonds.